The molecule has 0 aromatic rings. The minimum absolute atomic E-state index is 0. The predicted octanol–water partition coefficient (Wildman–Crippen LogP) is 5.73. The maximum Gasteiger partial charge on any atom is 0.0973 e. The van der Waals surface area contributed by atoms with Crippen LogP contribution in [0.3, 0.4) is 0 Å². The Kier molecular flexibility index (Phi) is 34.4. The van der Waals surface area contributed by atoms with Gasteiger partial charge in [0.15, 0.2) is 0 Å². The third-order valence-corrected chi connectivity index (χ3v) is 9.65. The molecule has 1 unspecified atom stereocenters. The molecule has 0 aromatic heterocycles. The predicted molar refractivity (Wildman–Crippen MR) is 119 cm³/mol. The minimum atomic E-state index is 0. The Bertz CT molecular complexity index is 192. The summed E-state index contributed by atoms with van der Waals surface area (Å²) in [5.74, 6) is 0. The van der Waals surface area contributed by atoms with Gasteiger partial charge in [0.25, 0.3) is 0 Å². The molecule has 0 aromatic carbocycles. The molecule has 24 heavy (non-hydrogen) atoms. The molecule has 0 aliphatic rings. The molecule has 0 aliphatic carbocycles. The standard InChI is InChI=1S/C6H15ClN2.2C6H15P.W/c1-8(2)5-6(7)9(3)4;2*1-4-7(5-2)6-3;/h6H,5H2,1-4H3;2*4-6H2,1-3H3;. The third kappa shape index (κ3) is 26.0. The number of likely N-dealkylation sites (N-methyl/N-ethyl adjacent to an activating group) is 2. The summed E-state index contributed by atoms with van der Waals surface area (Å²) in [6.07, 6.45) is 8.51. The van der Waals surface area contributed by atoms with Crippen LogP contribution >= 0.6 is 27.4 Å². The second-order valence-electron chi connectivity index (χ2n) is 5.90. The van der Waals surface area contributed by atoms with Crippen molar-refractivity contribution in [2.45, 2.75) is 47.0 Å². The van der Waals surface area contributed by atoms with Gasteiger partial charge in [-0.3, -0.25) is 4.90 Å². The van der Waals surface area contributed by atoms with Crippen LogP contribution in [-0.4, -0.2) is 87.0 Å². The summed E-state index contributed by atoms with van der Waals surface area (Å²) in [7, 11) is 8.86. The van der Waals surface area contributed by atoms with Crippen LogP contribution in [0.25, 0.3) is 0 Å². The van der Waals surface area contributed by atoms with Gasteiger partial charge in [0, 0.05) is 27.6 Å². The van der Waals surface area contributed by atoms with Crippen molar-refractivity contribution < 1.29 is 21.1 Å². The Morgan fingerprint density at radius 2 is 0.917 bits per heavy atom. The van der Waals surface area contributed by atoms with E-state index in [-0.39, 0.29) is 26.6 Å². The van der Waals surface area contributed by atoms with Crippen LogP contribution in [0.15, 0.2) is 0 Å². The van der Waals surface area contributed by atoms with E-state index in [1.807, 2.05) is 33.1 Å². The Balaban J connectivity index is -0.000000124. The first-order valence-electron chi connectivity index (χ1n) is 9.13. The van der Waals surface area contributed by atoms with Gasteiger partial charge < -0.3 is 4.90 Å². The second kappa shape index (κ2) is 24.8. The van der Waals surface area contributed by atoms with Gasteiger partial charge in [0.1, 0.15) is 0 Å². The monoisotopic (exact) mass is 570 g/mol. The van der Waals surface area contributed by atoms with Gasteiger partial charge in [-0.05, 0) is 65.2 Å². The molecule has 0 amide bonds. The fourth-order valence-electron chi connectivity index (χ4n) is 1.81. The van der Waals surface area contributed by atoms with E-state index in [4.69, 9.17) is 11.6 Å². The van der Waals surface area contributed by atoms with E-state index in [1.54, 1.807) is 0 Å². The minimum Gasteiger partial charge on any atom is -0.307 e. The maximum atomic E-state index is 5.89. The van der Waals surface area contributed by atoms with Gasteiger partial charge in [-0.25, -0.2) is 0 Å². The van der Waals surface area contributed by atoms with Gasteiger partial charge >= 0.3 is 0 Å². The van der Waals surface area contributed by atoms with Crippen molar-refractivity contribution in [1.82, 2.24) is 9.80 Å². The largest absolute Gasteiger partial charge is 0.307 e. The number of hydrogen-bond donors (Lipinski definition) is 0. The van der Waals surface area contributed by atoms with Gasteiger partial charge in [0.05, 0.1) is 5.50 Å². The van der Waals surface area contributed by atoms with Crippen molar-refractivity contribution >= 4 is 27.4 Å². The van der Waals surface area contributed by atoms with Crippen LogP contribution in [0.2, 0.25) is 0 Å². The van der Waals surface area contributed by atoms with Crippen LogP contribution in [0.4, 0.5) is 0 Å². The Morgan fingerprint density at radius 3 is 0.958 bits per heavy atom. The molecular weight excluding hydrogens is 525 g/mol. The first kappa shape index (κ1) is 33.4. The second-order valence-corrected chi connectivity index (χ2v) is 12.9. The van der Waals surface area contributed by atoms with E-state index < -0.39 is 0 Å². The number of hydrogen-bond acceptors (Lipinski definition) is 2. The molecule has 0 bridgehead atoms. The van der Waals surface area contributed by atoms with E-state index in [0.717, 1.165) is 6.54 Å². The maximum absolute atomic E-state index is 5.89. The summed E-state index contributed by atoms with van der Waals surface area (Å²) in [5, 5.41) is 0. The summed E-state index contributed by atoms with van der Waals surface area (Å²) in [5.41, 5.74) is 0.125. The quantitative estimate of drug-likeness (QED) is 0.199. The fourth-order valence-corrected chi connectivity index (χ4v) is 4.77. The molecule has 0 radical (unpaired) electrons. The molecule has 6 heteroatoms. The SMILES string of the molecule is CCP(CC)CC.CCP(CC)CC.CN(C)CC(Cl)N(C)C.[W]. The van der Waals surface area contributed by atoms with Gasteiger partial charge in [-0.1, -0.05) is 41.5 Å². The Hall–Kier alpha value is 1.76. The van der Waals surface area contributed by atoms with Crippen molar-refractivity contribution in [3.63, 3.8) is 0 Å². The van der Waals surface area contributed by atoms with Crippen molar-refractivity contribution in [2.24, 2.45) is 0 Å². The first-order chi connectivity index (χ1) is 10.7. The Labute approximate surface area is 176 Å². The molecule has 0 saturated carbocycles. The Morgan fingerprint density at radius 1 is 0.667 bits per heavy atom. The zero-order valence-electron chi connectivity index (χ0n) is 18.1. The summed E-state index contributed by atoms with van der Waals surface area (Å²) in [6, 6.07) is 0. The van der Waals surface area contributed by atoms with Crippen LogP contribution in [0.5, 0.6) is 0 Å². The average Bonchev–Trinajstić information content (AvgIpc) is 2.51. The molecule has 0 saturated heterocycles. The van der Waals surface area contributed by atoms with Gasteiger partial charge in [0.2, 0.25) is 0 Å². The first-order valence-corrected chi connectivity index (χ1v) is 13.4. The molecule has 150 valence electrons. The number of nitrogens with zero attached hydrogens (tertiary/aromatic N) is 2. The number of rotatable bonds is 9. The van der Waals surface area contributed by atoms with Crippen molar-refractivity contribution in [1.29, 1.82) is 0 Å². The molecule has 0 N–H and O–H groups in total. The molecule has 2 nitrogen and oxygen atoms in total. The average molecular weight is 571 g/mol. The van der Waals surface area contributed by atoms with E-state index >= 15 is 0 Å². The zero-order valence-corrected chi connectivity index (χ0v) is 23.6. The molecule has 0 fully saturated rings. The smallest absolute Gasteiger partial charge is 0.0973 e. The molecule has 0 aliphatic heterocycles. The summed E-state index contributed by atoms with van der Waals surface area (Å²) in [4.78, 5) is 4.05. The van der Waals surface area contributed by atoms with Crippen LogP contribution < -0.4 is 0 Å². The molecule has 0 rings (SSSR count). The van der Waals surface area contributed by atoms with Gasteiger partial charge in [-0.15, -0.1) is 27.4 Å². The molecule has 0 heterocycles. The molecule has 0 spiro atoms. The van der Waals surface area contributed by atoms with Crippen molar-refractivity contribution in [3.8, 4) is 0 Å². The van der Waals surface area contributed by atoms with E-state index in [0.29, 0.717) is 15.8 Å². The zero-order chi connectivity index (χ0) is 18.8. The summed E-state index contributed by atoms with van der Waals surface area (Å²) >= 11 is 5.89. The molecule has 1 atom stereocenters. The summed E-state index contributed by atoms with van der Waals surface area (Å²) < 4.78 is 0. The van der Waals surface area contributed by atoms with E-state index in [2.05, 4.69) is 46.4 Å². The summed E-state index contributed by atoms with van der Waals surface area (Å²) in [6.45, 7) is 14.6. The van der Waals surface area contributed by atoms with Crippen LogP contribution in [-0.2, 0) is 21.1 Å². The van der Waals surface area contributed by atoms with Gasteiger partial charge in [-0.2, -0.15) is 0 Å². The normalized spacial score (nSPS) is 11.6. The number of halogens is 1. The topological polar surface area (TPSA) is 6.48 Å². The molecular formula is C18H45ClN2P2W. The van der Waals surface area contributed by atoms with Crippen molar-refractivity contribution in [2.75, 3.05) is 71.7 Å². The van der Waals surface area contributed by atoms with E-state index in [9.17, 15) is 0 Å². The number of alkyl halides is 1. The van der Waals surface area contributed by atoms with Crippen LogP contribution in [0.1, 0.15) is 41.5 Å². The fraction of sp³-hybridized carbons (Fsp3) is 1.00. The van der Waals surface area contributed by atoms with Crippen LogP contribution in [0, 0.1) is 0 Å². The third-order valence-electron chi connectivity index (χ3n) is 3.76. The van der Waals surface area contributed by atoms with E-state index in [1.165, 1.54) is 37.0 Å². The van der Waals surface area contributed by atoms with Crippen molar-refractivity contribution in [3.05, 3.63) is 0 Å².